The van der Waals surface area contributed by atoms with Crippen LogP contribution in [0.3, 0.4) is 0 Å². The van der Waals surface area contributed by atoms with Crippen molar-refractivity contribution in [3.63, 3.8) is 0 Å². The van der Waals surface area contributed by atoms with Crippen LogP contribution in [-0.2, 0) is 6.54 Å². The van der Waals surface area contributed by atoms with E-state index >= 15 is 0 Å². The molecule has 0 aliphatic carbocycles. The lowest BCUT2D eigenvalue weighted by Crippen LogP contribution is -2.34. The van der Waals surface area contributed by atoms with Crippen molar-refractivity contribution in [3.8, 4) is 0 Å². The zero-order valence-corrected chi connectivity index (χ0v) is 14.9. The summed E-state index contributed by atoms with van der Waals surface area (Å²) in [4.78, 5) is 45.1. The largest absolute Gasteiger partial charge is 0.337 e. The zero-order valence-electron chi connectivity index (χ0n) is 14.9. The van der Waals surface area contributed by atoms with Gasteiger partial charge in [-0.25, -0.2) is 0 Å². The van der Waals surface area contributed by atoms with E-state index in [1.807, 2.05) is 0 Å². The maximum absolute atomic E-state index is 12.8. The number of fused-ring (bicyclic) bond motifs is 1. The Bertz CT molecular complexity index is 889. The SMILES string of the molecule is O=C(c1ccc2c(c1)C(=O)N(Cc1ccncc1)C2=O)N1CCCNCC1. The van der Waals surface area contributed by atoms with E-state index in [0.29, 0.717) is 29.8 Å². The minimum atomic E-state index is -0.362. The van der Waals surface area contributed by atoms with Crippen molar-refractivity contribution in [3.05, 3.63) is 65.0 Å². The van der Waals surface area contributed by atoms with E-state index in [4.69, 9.17) is 0 Å². The number of hydrogen-bond donors (Lipinski definition) is 1. The molecule has 0 radical (unpaired) electrons. The summed E-state index contributed by atoms with van der Waals surface area (Å²) < 4.78 is 0. The molecule has 0 unspecified atom stereocenters. The molecule has 138 valence electrons. The highest BCUT2D eigenvalue weighted by atomic mass is 16.2. The number of amides is 3. The maximum Gasteiger partial charge on any atom is 0.261 e. The summed E-state index contributed by atoms with van der Waals surface area (Å²) in [7, 11) is 0. The molecule has 0 atom stereocenters. The molecule has 4 rings (SSSR count). The third-order valence-electron chi connectivity index (χ3n) is 4.93. The maximum atomic E-state index is 12.8. The Hall–Kier alpha value is -3.06. The van der Waals surface area contributed by atoms with Crippen LogP contribution in [0, 0.1) is 0 Å². The van der Waals surface area contributed by atoms with Crippen LogP contribution in [0.4, 0.5) is 0 Å². The first kappa shape index (κ1) is 17.4. The standard InChI is InChI=1S/C20H20N4O3/c25-18(23-10-1-6-21-9-11-23)15-2-3-16-17(12-15)20(27)24(19(16)26)13-14-4-7-22-8-5-14/h2-5,7-8,12,21H,1,6,9-11,13H2. The van der Waals surface area contributed by atoms with Crippen LogP contribution in [0.15, 0.2) is 42.7 Å². The molecule has 27 heavy (non-hydrogen) atoms. The second kappa shape index (κ2) is 7.28. The molecule has 7 heteroatoms. The molecule has 1 fully saturated rings. The number of imide groups is 1. The molecule has 7 nitrogen and oxygen atoms in total. The quantitative estimate of drug-likeness (QED) is 0.831. The fourth-order valence-corrected chi connectivity index (χ4v) is 3.47. The summed E-state index contributed by atoms with van der Waals surface area (Å²) in [6.45, 7) is 3.16. The van der Waals surface area contributed by atoms with Crippen LogP contribution < -0.4 is 5.32 Å². The monoisotopic (exact) mass is 364 g/mol. The minimum Gasteiger partial charge on any atom is -0.337 e. The third kappa shape index (κ3) is 3.33. The van der Waals surface area contributed by atoms with Crippen LogP contribution in [0.5, 0.6) is 0 Å². The molecule has 1 aromatic heterocycles. The smallest absolute Gasteiger partial charge is 0.261 e. The average molecular weight is 364 g/mol. The second-order valence-corrected chi connectivity index (χ2v) is 6.71. The fourth-order valence-electron chi connectivity index (χ4n) is 3.47. The molecule has 1 saturated heterocycles. The lowest BCUT2D eigenvalue weighted by Gasteiger charge is -2.20. The minimum absolute atomic E-state index is 0.102. The van der Waals surface area contributed by atoms with Crippen molar-refractivity contribution in [1.29, 1.82) is 0 Å². The Morgan fingerprint density at radius 3 is 2.59 bits per heavy atom. The Morgan fingerprint density at radius 2 is 1.78 bits per heavy atom. The van der Waals surface area contributed by atoms with Crippen LogP contribution in [0.2, 0.25) is 0 Å². The summed E-state index contributed by atoms with van der Waals surface area (Å²) in [5.74, 6) is -0.793. The number of carbonyl (C=O) groups excluding carboxylic acids is 3. The highest BCUT2D eigenvalue weighted by Gasteiger charge is 2.36. The van der Waals surface area contributed by atoms with E-state index in [1.165, 1.54) is 4.90 Å². The molecule has 0 bridgehead atoms. The Balaban J connectivity index is 1.57. The predicted octanol–water partition coefficient (Wildman–Crippen LogP) is 1.31. The van der Waals surface area contributed by atoms with Gasteiger partial charge in [0.2, 0.25) is 0 Å². The van der Waals surface area contributed by atoms with Gasteiger partial charge in [0.15, 0.2) is 0 Å². The third-order valence-corrected chi connectivity index (χ3v) is 4.93. The van der Waals surface area contributed by atoms with Gasteiger partial charge in [0, 0.05) is 37.6 Å². The van der Waals surface area contributed by atoms with E-state index in [-0.39, 0.29) is 24.3 Å². The van der Waals surface area contributed by atoms with Crippen molar-refractivity contribution in [2.24, 2.45) is 0 Å². The van der Waals surface area contributed by atoms with Crippen molar-refractivity contribution in [1.82, 2.24) is 20.1 Å². The van der Waals surface area contributed by atoms with Gasteiger partial charge >= 0.3 is 0 Å². The second-order valence-electron chi connectivity index (χ2n) is 6.71. The topological polar surface area (TPSA) is 82.6 Å². The summed E-state index contributed by atoms with van der Waals surface area (Å²) in [6, 6.07) is 8.33. The summed E-state index contributed by atoms with van der Waals surface area (Å²) in [6.07, 6.45) is 4.15. The first-order chi connectivity index (χ1) is 13.1. The van der Waals surface area contributed by atoms with Crippen LogP contribution >= 0.6 is 0 Å². The number of nitrogens with one attached hydrogen (secondary N) is 1. The molecular weight excluding hydrogens is 344 g/mol. The lowest BCUT2D eigenvalue weighted by atomic mass is 10.0. The van der Waals surface area contributed by atoms with Gasteiger partial charge < -0.3 is 10.2 Å². The van der Waals surface area contributed by atoms with Gasteiger partial charge in [-0.2, -0.15) is 0 Å². The van der Waals surface area contributed by atoms with Crippen molar-refractivity contribution in [2.75, 3.05) is 26.2 Å². The molecule has 3 heterocycles. The van der Waals surface area contributed by atoms with Crippen LogP contribution in [-0.4, -0.2) is 58.7 Å². The van der Waals surface area contributed by atoms with E-state index in [9.17, 15) is 14.4 Å². The normalized spacial score (nSPS) is 17.0. The number of rotatable bonds is 3. The summed E-state index contributed by atoms with van der Waals surface area (Å²) in [5.41, 5.74) is 1.92. The van der Waals surface area contributed by atoms with Gasteiger partial charge in [-0.05, 0) is 48.9 Å². The van der Waals surface area contributed by atoms with Crippen LogP contribution in [0.1, 0.15) is 43.1 Å². The van der Waals surface area contributed by atoms with E-state index in [1.54, 1.807) is 47.6 Å². The average Bonchev–Trinajstić information content (AvgIpc) is 2.91. The highest BCUT2D eigenvalue weighted by molar-refractivity contribution is 6.22. The van der Waals surface area contributed by atoms with Crippen molar-refractivity contribution in [2.45, 2.75) is 13.0 Å². The molecule has 2 aromatic rings. The van der Waals surface area contributed by atoms with Gasteiger partial charge in [-0.1, -0.05) is 0 Å². The Kier molecular flexibility index (Phi) is 4.68. The van der Waals surface area contributed by atoms with Gasteiger partial charge in [-0.3, -0.25) is 24.3 Å². The first-order valence-electron chi connectivity index (χ1n) is 9.04. The number of carbonyl (C=O) groups is 3. The molecule has 0 spiro atoms. The van der Waals surface area contributed by atoms with E-state index in [0.717, 1.165) is 25.1 Å². The van der Waals surface area contributed by atoms with Crippen molar-refractivity contribution >= 4 is 17.7 Å². The molecule has 1 aromatic carbocycles. The highest BCUT2D eigenvalue weighted by Crippen LogP contribution is 2.26. The van der Waals surface area contributed by atoms with Crippen LogP contribution in [0.25, 0.3) is 0 Å². The van der Waals surface area contributed by atoms with Gasteiger partial charge in [0.05, 0.1) is 17.7 Å². The molecule has 2 aliphatic rings. The van der Waals surface area contributed by atoms with E-state index < -0.39 is 0 Å². The zero-order chi connectivity index (χ0) is 18.8. The van der Waals surface area contributed by atoms with Gasteiger partial charge in [0.25, 0.3) is 17.7 Å². The molecule has 0 saturated carbocycles. The number of nitrogens with zero attached hydrogens (tertiary/aromatic N) is 3. The van der Waals surface area contributed by atoms with E-state index in [2.05, 4.69) is 10.3 Å². The number of aromatic nitrogens is 1. The molecule has 1 N–H and O–H groups in total. The Labute approximate surface area is 157 Å². The summed E-state index contributed by atoms with van der Waals surface area (Å²) >= 11 is 0. The summed E-state index contributed by atoms with van der Waals surface area (Å²) in [5, 5.41) is 3.26. The Morgan fingerprint density at radius 1 is 1.00 bits per heavy atom. The van der Waals surface area contributed by atoms with Crippen molar-refractivity contribution < 1.29 is 14.4 Å². The fraction of sp³-hybridized carbons (Fsp3) is 0.300. The number of pyridine rings is 1. The van der Waals surface area contributed by atoms with Gasteiger partial charge in [0.1, 0.15) is 0 Å². The number of hydrogen-bond acceptors (Lipinski definition) is 5. The lowest BCUT2D eigenvalue weighted by molar-refractivity contribution is 0.0642. The number of benzene rings is 1. The molecule has 3 amide bonds. The molecular formula is C20H20N4O3. The predicted molar refractivity (Wildman–Crippen MR) is 98.3 cm³/mol. The van der Waals surface area contributed by atoms with Gasteiger partial charge in [-0.15, -0.1) is 0 Å². The molecule has 2 aliphatic heterocycles. The first-order valence-corrected chi connectivity index (χ1v) is 9.04.